The predicted octanol–water partition coefficient (Wildman–Crippen LogP) is 22.3. The summed E-state index contributed by atoms with van der Waals surface area (Å²) in [5, 5.41) is 10.0. The molecule has 0 bridgehead atoms. The zero-order valence-corrected chi connectivity index (χ0v) is 50.7. The first-order valence-electron chi connectivity index (χ1n) is 30.7. The normalized spacial score (nSPS) is 12.6. The van der Waals surface area contributed by atoms with E-state index < -0.39 is 0 Å². The molecule has 0 saturated heterocycles. The highest BCUT2D eigenvalue weighted by molar-refractivity contribution is 6.14. The Kier molecular flexibility index (Phi) is 11.7. The fourth-order valence-corrected chi connectivity index (χ4v) is 14.2. The first kappa shape index (κ1) is 52.4. The Bertz CT molecular complexity index is 5020. The Morgan fingerprint density at radius 1 is 0.195 bits per heavy atom. The largest absolute Gasteiger partial charge is 0.309 e. The molecule has 12 aromatic carbocycles. The summed E-state index contributed by atoms with van der Waals surface area (Å²) in [6, 6.07) is 100. The second-order valence-corrected chi connectivity index (χ2v) is 26.7. The van der Waals surface area contributed by atoms with Crippen molar-refractivity contribution in [2.45, 2.75) is 71.6 Å². The molecule has 0 aliphatic carbocycles. The Morgan fingerprint density at radius 2 is 0.471 bits per heavy atom. The summed E-state index contributed by atoms with van der Waals surface area (Å²) in [6.45, 7) is 18.8. The van der Waals surface area contributed by atoms with Crippen molar-refractivity contribution in [1.82, 2.24) is 18.3 Å². The SMILES string of the molecule is CC(C)(C)c1cc(-c2cccc(C(C)(C)c3cccc(-c4cc(-n5c6ccccc6c6cc(-n7c8ccccc8c8ccccc87)ccc65)cc(C(C)(C)C)c4)c3)c2)cc(-n2c3ccccc3c3cc(-n4c5ccccc5c5ccccc54)ccc32)c1. The standard InChI is InChI=1S/C83H68N4/c1-81(2,3)59-45-55(47-63(49-59)86-77-37-19-13-31-69(77)71-51-61(39-41-79(71)86)84-73-33-15-9-27-65(73)66-28-10-16-34-74(66)84)53-23-21-25-57(43-53)83(7,8)58-26-22-24-54(44-58)56-46-60(82(4,5)6)50-64(48-56)87-78-38-20-14-32-70(78)72-52-62(40-42-80(72)87)85-75-35-17-11-29-67(75)68-30-12-18-36-76(68)85/h9-52H,1-8H3. The van der Waals surface area contributed by atoms with Crippen molar-refractivity contribution < 1.29 is 0 Å². The fraction of sp³-hybridized carbons (Fsp3) is 0.133. The van der Waals surface area contributed by atoms with Crippen molar-refractivity contribution in [2.75, 3.05) is 0 Å². The quantitative estimate of drug-likeness (QED) is 0.144. The first-order chi connectivity index (χ1) is 42.2. The average molecular weight is 1120 g/mol. The molecule has 4 heteroatoms. The van der Waals surface area contributed by atoms with Crippen LogP contribution in [0.1, 0.15) is 77.6 Å². The third-order valence-corrected chi connectivity index (χ3v) is 18.9. The zero-order valence-electron chi connectivity index (χ0n) is 50.7. The van der Waals surface area contributed by atoms with Gasteiger partial charge in [0.15, 0.2) is 0 Å². The minimum atomic E-state index is -0.331. The van der Waals surface area contributed by atoms with E-state index in [4.69, 9.17) is 0 Å². The first-order valence-corrected chi connectivity index (χ1v) is 30.7. The molecule has 0 fully saturated rings. The van der Waals surface area contributed by atoms with Crippen LogP contribution in [0.2, 0.25) is 0 Å². The number of aromatic nitrogens is 4. The summed E-state index contributed by atoms with van der Waals surface area (Å²) in [4.78, 5) is 0. The van der Waals surface area contributed by atoms with Gasteiger partial charge in [-0.1, -0.05) is 225 Å². The van der Waals surface area contributed by atoms with Crippen LogP contribution < -0.4 is 0 Å². The fourth-order valence-electron chi connectivity index (χ4n) is 14.2. The number of para-hydroxylation sites is 6. The van der Waals surface area contributed by atoms with E-state index in [9.17, 15) is 0 Å². The highest BCUT2D eigenvalue weighted by Crippen LogP contribution is 2.44. The zero-order chi connectivity index (χ0) is 59.1. The van der Waals surface area contributed by atoms with Crippen LogP contribution >= 0.6 is 0 Å². The van der Waals surface area contributed by atoms with Crippen LogP contribution in [0, 0.1) is 0 Å². The van der Waals surface area contributed by atoms with Crippen LogP contribution in [0.4, 0.5) is 0 Å². The molecule has 0 unspecified atom stereocenters. The third kappa shape index (κ3) is 8.40. The molecule has 0 amide bonds. The molecule has 0 aliphatic rings. The van der Waals surface area contributed by atoms with E-state index in [0.717, 1.165) is 22.7 Å². The van der Waals surface area contributed by atoms with E-state index in [1.54, 1.807) is 0 Å². The third-order valence-electron chi connectivity index (χ3n) is 18.9. The molecule has 0 aliphatic heterocycles. The number of rotatable bonds is 8. The molecule has 4 heterocycles. The van der Waals surface area contributed by atoms with Gasteiger partial charge in [0.25, 0.3) is 0 Å². The van der Waals surface area contributed by atoms with Gasteiger partial charge in [0.05, 0.1) is 44.1 Å². The van der Waals surface area contributed by atoms with E-state index in [-0.39, 0.29) is 16.2 Å². The molecule has 16 aromatic rings. The molecule has 0 spiro atoms. The molecule has 0 radical (unpaired) electrons. The maximum absolute atomic E-state index is 2.49. The number of hydrogen-bond donors (Lipinski definition) is 0. The van der Waals surface area contributed by atoms with Gasteiger partial charge in [-0.15, -0.1) is 0 Å². The summed E-state index contributed by atoms with van der Waals surface area (Å²) in [5.41, 5.74) is 23.7. The van der Waals surface area contributed by atoms with Gasteiger partial charge in [-0.25, -0.2) is 0 Å². The molecule has 0 saturated carbocycles. The summed E-state index contributed by atoms with van der Waals surface area (Å²) in [5.74, 6) is 0. The lowest BCUT2D eigenvalue weighted by molar-refractivity contribution is 0.590. The molecule has 87 heavy (non-hydrogen) atoms. The van der Waals surface area contributed by atoms with Gasteiger partial charge in [0.2, 0.25) is 0 Å². The van der Waals surface area contributed by atoms with E-state index in [1.807, 2.05) is 0 Å². The molecule has 4 nitrogen and oxygen atoms in total. The molecule has 16 rings (SSSR count). The Balaban J connectivity index is 0.783. The van der Waals surface area contributed by atoms with Gasteiger partial charge in [0.1, 0.15) is 0 Å². The van der Waals surface area contributed by atoms with Gasteiger partial charge in [-0.05, 0) is 152 Å². The monoisotopic (exact) mass is 1120 g/mol. The Hall–Kier alpha value is -10.2. The highest BCUT2D eigenvalue weighted by Gasteiger charge is 2.27. The average Bonchev–Trinajstić information content (AvgIpc) is 2.05. The topological polar surface area (TPSA) is 19.7 Å². The predicted molar refractivity (Wildman–Crippen MR) is 371 cm³/mol. The van der Waals surface area contributed by atoms with Gasteiger partial charge in [0, 0.05) is 71.3 Å². The number of hydrogen-bond acceptors (Lipinski definition) is 0. The highest BCUT2D eigenvalue weighted by atomic mass is 15.0. The van der Waals surface area contributed by atoms with Gasteiger partial charge in [-0.2, -0.15) is 0 Å². The Morgan fingerprint density at radius 3 is 0.793 bits per heavy atom. The second kappa shape index (κ2) is 19.4. The second-order valence-electron chi connectivity index (χ2n) is 26.7. The summed E-state index contributed by atoms with van der Waals surface area (Å²) in [6.07, 6.45) is 0. The van der Waals surface area contributed by atoms with Crippen LogP contribution in [-0.2, 0) is 16.2 Å². The number of benzene rings is 12. The van der Waals surface area contributed by atoms with Crippen LogP contribution in [-0.4, -0.2) is 18.3 Å². The van der Waals surface area contributed by atoms with Gasteiger partial charge in [-0.3, -0.25) is 0 Å². The number of fused-ring (bicyclic) bond motifs is 12. The van der Waals surface area contributed by atoms with Crippen LogP contribution in [0.5, 0.6) is 0 Å². The van der Waals surface area contributed by atoms with Crippen molar-refractivity contribution in [3.8, 4) is 45.0 Å². The van der Waals surface area contributed by atoms with Crippen LogP contribution in [0.3, 0.4) is 0 Å². The van der Waals surface area contributed by atoms with Crippen molar-refractivity contribution in [3.63, 3.8) is 0 Å². The van der Waals surface area contributed by atoms with E-state index in [0.29, 0.717) is 0 Å². The molecular formula is C83H68N4. The molecule has 420 valence electrons. The Labute approximate surface area is 508 Å². The number of nitrogens with zero attached hydrogens (tertiary/aromatic N) is 4. The van der Waals surface area contributed by atoms with Crippen molar-refractivity contribution in [3.05, 3.63) is 289 Å². The smallest absolute Gasteiger partial charge is 0.0542 e. The maximum atomic E-state index is 2.49. The van der Waals surface area contributed by atoms with E-state index >= 15 is 0 Å². The maximum Gasteiger partial charge on any atom is 0.0542 e. The lowest BCUT2D eigenvalue weighted by Crippen LogP contribution is -2.19. The van der Waals surface area contributed by atoms with Gasteiger partial charge >= 0.3 is 0 Å². The van der Waals surface area contributed by atoms with Crippen LogP contribution in [0.15, 0.2) is 267 Å². The molecule has 4 aromatic heterocycles. The molecule has 0 atom stereocenters. The minimum Gasteiger partial charge on any atom is -0.309 e. The van der Waals surface area contributed by atoms with Crippen molar-refractivity contribution >= 4 is 87.2 Å². The van der Waals surface area contributed by atoms with E-state index in [1.165, 1.54) is 132 Å². The lowest BCUT2D eigenvalue weighted by atomic mass is 9.76. The minimum absolute atomic E-state index is 0.103. The summed E-state index contributed by atoms with van der Waals surface area (Å²) < 4.78 is 9.83. The molecule has 0 N–H and O–H groups in total. The van der Waals surface area contributed by atoms with Crippen LogP contribution in [0.25, 0.3) is 132 Å². The summed E-state index contributed by atoms with van der Waals surface area (Å²) >= 11 is 0. The summed E-state index contributed by atoms with van der Waals surface area (Å²) in [7, 11) is 0. The van der Waals surface area contributed by atoms with Gasteiger partial charge < -0.3 is 18.3 Å². The van der Waals surface area contributed by atoms with E-state index in [2.05, 4.69) is 341 Å². The lowest BCUT2D eigenvalue weighted by Gasteiger charge is -2.28. The van der Waals surface area contributed by atoms with Crippen molar-refractivity contribution in [1.29, 1.82) is 0 Å². The molecular weight excluding hydrogens is 1050 g/mol. The van der Waals surface area contributed by atoms with Crippen molar-refractivity contribution in [2.24, 2.45) is 0 Å².